The van der Waals surface area contributed by atoms with E-state index in [1.165, 1.54) is 27.7 Å². The predicted molar refractivity (Wildman–Crippen MR) is 60.3 cm³/mol. The van der Waals surface area contributed by atoms with E-state index in [0.29, 0.717) is 0 Å². The fourth-order valence-electron chi connectivity index (χ4n) is 1.05. The molecule has 0 aliphatic carbocycles. The van der Waals surface area contributed by atoms with E-state index >= 15 is 0 Å². The maximum absolute atomic E-state index is 11.5. The summed E-state index contributed by atoms with van der Waals surface area (Å²) in [4.78, 5) is 37.1. The monoisotopic (exact) mass is 279 g/mol. The smallest absolute Gasteiger partial charge is 0.338 e. The predicted octanol–water partition coefficient (Wildman–Crippen LogP) is -0.173. The van der Waals surface area contributed by atoms with E-state index < -0.39 is 41.4 Å². The molecule has 19 heavy (non-hydrogen) atoms. The summed E-state index contributed by atoms with van der Waals surface area (Å²) in [5.74, 6) is -2.43. The lowest BCUT2D eigenvalue weighted by molar-refractivity contribution is -0.766. The van der Waals surface area contributed by atoms with Crippen molar-refractivity contribution in [2.24, 2.45) is 0 Å². The molecule has 0 unspecified atom stereocenters. The Balaban J connectivity index is 4.87. The van der Waals surface area contributed by atoms with Gasteiger partial charge in [-0.15, -0.1) is 10.1 Å². The van der Waals surface area contributed by atoms with Crippen molar-refractivity contribution in [1.29, 1.82) is 0 Å². The van der Waals surface area contributed by atoms with Crippen LogP contribution in [-0.2, 0) is 23.9 Å². The lowest BCUT2D eigenvalue weighted by atomic mass is 10.2. The number of aliphatic hydroxyl groups is 1. The Morgan fingerprint density at radius 2 is 1.47 bits per heavy atom. The van der Waals surface area contributed by atoms with Crippen molar-refractivity contribution in [3.8, 4) is 0 Å². The Kier molecular flexibility index (Phi) is 6.76. The highest BCUT2D eigenvalue weighted by atomic mass is 17.0. The summed E-state index contributed by atoms with van der Waals surface area (Å²) >= 11 is 0. The minimum absolute atomic E-state index is 0.556. The molecule has 0 spiro atoms. The van der Waals surface area contributed by atoms with Gasteiger partial charge in [-0.2, -0.15) is 0 Å². The molecule has 0 rings (SSSR count). The normalized spacial score (nSPS) is 13.8. The Hall–Kier alpha value is -1.90. The molecule has 0 radical (unpaired) electrons. The van der Waals surface area contributed by atoms with E-state index in [0.717, 1.165) is 0 Å². The number of nitrogens with zero attached hydrogens (tertiary/aromatic N) is 1. The van der Waals surface area contributed by atoms with E-state index in [-0.39, 0.29) is 0 Å². The lowest BCUT2D eigenvalue weighted by Gasteiger charge is -2.20. The maximum Gasteiger partial charge on any atom is 0.338 e. The zero-order valence-corrected chi connectivity index (χ0v) is 11.1. The first kappa shape index (κ1) is 17.1. The van der Waals surface area contributed by atoms with Gasteiger partial charge in [0, 0.05) is 0 Å². The molecule has 0 aromatic heterocycles. The molecule has 0 bridgehead atoms. The topological polar surface area (TPSA) is 125 Å². The average molecular weight is 279 g/mol. The quantitative estimate of drug-likeness (QED) is 0.386. The Morgan fingerprint density at radius 3 is 1.84 bits per heavy atom. The summed E-state index contributed by atoms with van der Waals surface area (Å²) in [5, 5.41) is 18.5. The molecule has 0 saturated carbocycles. The first-order chi connectivity index (χ1) is 8.65. The second kappa shape index (κ2) is 7.52. The van der Waals surface area contributed by atoms with Gasteiger partial charge in [0.05, 0.1) is 12.2 Å². The minimum atomic E-state index is -2.14. The molecule has 2 atom stereocenters. The summed E-state index contributed by atoms with van der Waals surface area (Å²) in [6.45, 7) is 6.03. The van der Waals surface area contributed by atoms with Gasteiger partial charge < -0.3 is 14.6 Å². The van der Waals surface area contributed by atoms with E-state index in [4.69, 9.17) is 0 Å². The van der Waals surface area contributed by atoms with Crippen LogP contribution < -0.4 is 0 Å². The van der Waals surface area contributed by atoms with Gasteiger partial charge in [0.1, 0.15) is 0 Å². The third-order valence-corrected chi connectivity index (χ3v) is 1.66. The van der Waals surface area contributed by atoms with Crippen LogP contribution in [-0.4, -0.2) is 46.5 Å². The summed E-state index contributed by atoms with van der Waals surface area (Å²) < 4.78 is 9.28. The molecule has 0 aliphatic rings. The first-order valence-electron chi connectivity index (χ1n) is 5.55. The highest BCUT2D eigenvalue weighted by Gasteiger charge is 2.38. The average Bonchev–Trinajstić information content (AvgIpc) is 2.22. The number of carbonyl (C=O) groups excluding carboxylic acids is 2. The molecule has 110 valence electrons. The van der Waals surface area contributed by atoms with Gasteiger partial charge >= 0.3 is 11.9 Å². The SMILES string of the molecule is CC(C)OC(=O)[C@@H](O[N+](=O)[O-])[C@@H](O)C(=O)OC(C)C. The highest BCUT2D eigenvalue weighted by molar-refractivity contribution is 5.85. The molecule has 9 heteroatoms. The summed E-state index contributed by atoms with van der Waals surface area (Å²) in [6, 6.07) is 0. The van der Waals surface area contributed by atoms with Gasteiger partial charge in [-0.25, -0.2) is 9.59 Å². The van der Waals surface area contributed by atoms with Gasteiger partial charge in [0.25, 0.3) is 5.09 Å². The van der Waals surface area contributed by atoms with Crippen LogP contribution >= 0.6 is 0 Å². The Labute approximate surface area is 109 Å². The second-order valence-electron chi connectivity index (χ2n) is 4.17. The fraction of sp³-hybridized carbons (Fsp3) is 0.800. The molecular weight excluding hydrogens is 262 g/mol. The van der Waals surface area contributed by atoms with Gasteiger partial charge in [-0.3, -0.25) is 4.84 Å². The van der Waals surface area contributed by atoms with E-state index in [1.54, 1.807) is 0 Å². The fourth-order valence-corrected chi connectivity index (χ4v) is 1.05. The second-order valence-corrected chi connectivity index (χ2v) is 4.17. The Bertz CT molecular complexity index is 340. The van der Waals surface area contributed by atoms with Gasteiger partial charge in [0.2, 0.25) is 6.10 Å². The molecule has 0 heterocycles. The lowest BCUT2D eigenvalue weighted by Crippen LogP contribution is -2.45. The van der Waals surface area contributed by atoms with Crippen LogP contribution in [0, 0.1) is 10.1 Å². The number of aliphatic hydroxyl groups excluding tert-OH is 1. The molecule has 1 N–H and O–H groups in total. The zero-order chi connectivity index (χ0) is 15.2. The largest absolute Gasteiger partial charge is 0.461 e. The number of ether oxygens (including phenoxy) is 2. The van der Waals surface area contributed by atoms with E-state index in [1.807, 2.05) is 0 Å². The van der Waals surface area contributed by atoms with Crippen molar-refractivity contribution < 1.29 is 34.1 Å². The number of hydrogen-bond acceptors (Lipinski definition) is 8. The number of carbonyl (C=O) groups is 2. The summed E-state index contributed by atoms with van der Waals surface area (Å²) in [7, 11) is 0. The van der Waals surface area contributed by atoms with Crippen molar-refractivity contribution in [2.75, 3.05) is 0 Å². The Morgan fingerprint density at radius 1 is 1.05 bits per heavy atom. The van der Waals surface area contributed by atoms with Crippen LogP contribution in [0.5, 0.6) is 0 Å². The maximum atomic E-state index is 11.5. The molecule has 0 fully saturated rings. The molecule has 0 aliphatic heterocycles. The van der Waals surface area contributed by atoms with Crippen molar-refractivity contribution in [3.05, 3.63) is 10.1 Å². The van der Waals surface area contributed by atoms with Gasteiger partial charge in [-0.1, -0.05) is 0 Å². The van der Waals surface area contributed by atoms with Crippen molar-refractivity contribution in [2.45, 2.75) is 52.1 Å². The van der Waals surface area contributed by atoms with Crippen LogP contribution in [0.1, 0.15) is 27.7 Å². The van der Waals surface area contributed by atoms with Crippen LogP contribution in [0.2, 0.25) is 0 Å². The van der Waals surface area contributed by atoms with Gasteiger partial charge in [0.15, 0.2) is 6.10 Å². The van der Waals surface area contributed by atoms with E-state index in [2.05, 4.69) is 14.3 Å². The van der Waals surface area contributed by atoms with E-state index in [9.17, 15) is 24.8 Å². The number of esters is 2. The van der Waals surface area contributed by atoms with Crippen LogP contribution in [0.25, 0.3) is 0 Å². The molecule has 0 saturated heterocycles. The third kappa shape index (κ3) is 6.55. The van der Waals surface area contributed by atoms with Crippen LogP contribution in [0.3, 0.4) is 0 Å². The molecule has 0 amide bonds. The van der Waals surface area contributed by atoms with Crippen molar-refractivity contribution in [3.63, 3.8) is 0 Å². The number of hydrogen-bond donors (Lipinski definition) is 1. The van der Waals surface area contributed by atoms with Gasteiger partial charge in [-0.05, 0) is 27.7 Å². The highest BCUT2D eigenvalue weighted by Crippen LogP contribution is 2.08. The summed E-state index contributed by atoms with van der Waals surface area (Å²) in [6.07, 6.45) is -5.36. The standard InChI is InChI=1S/C10H17NO8/c1-5(2)17-9(13)7(12)8(19-11(15)16)10(14)18-6(3)4/h5-8,12H,1-4H3/t7-,8+/m1/s1. The first-order valence-corrected chi connectivity index (χ1v) is 5.55. The van der Waals surface area contributed by atoms with Crippen LogP contribution in [0.4, 0.5) is 0 Å². The molecule has 0 aromatic rings. The minimum Gasteiger partial charge on any atom is -0.461 e. The zero-order valence-electron chi connectivity index (χ0n) is 11.1. The summed E-state index contributed by atoms with van der Waals surface area (Å²) in [5.41, 5.74) is 0. The van der Waals surface area contributed by atoms with Crippen LogP contribution in [0.15, 0.2) is 0 Å². The van der Waals surface area contributed by atoms with Crippen molar-refractivity contribution >= 4 is 11.9 Å². The van der Waals surface area contributed by atoms with Crippen molar-refractivity contribution in [1.82, 2.24) is 0 Å². The number of rotatable bonds is 7. The molecular formula is C10H17NO8. The molecule has 9 nitrogen and oxygen atoms in total. The third-order valence-electron chi connectivity index (χ3n) is 1.66. The molecule has 0 aromatic carbocycles.